The fourth-order valence-electron chi connectivity index (χ4n) is 2.61. The first-order valence-electron chi connectivity index (χ1n) is 7.62. The monoisotopic (exact) mass is 395 g/mol. The maximum Gasteiger partial charge on any atom is 0.240 e. The first kappa shape index (κ1) is 21.2. The molecule has 0 spiro atoms. The van der Waals surface area contributed by atoms with E-state index in [0.717, 1.165) is 19.4 Å². The van der Waals surface area contributed by atoms with Crippen molar-refractivity contribution in [1.29, 1.82) is 0 Å². The first-order valence-corrected chi connectivity index (χ1v) is 9.49. The molecule has 0 aliphatic carbocycles. The summed E-state index contributed by atoms with van der Waals surface area (Å²) in [5.41, 5.74) is 0. The minimum atomic E-state index is -3.64. The van der Waals surface area contributed by atoms with E-state index >= 15 is 0 Å². The molecule has 0 aromatic heterocycles. The van der Waals surface area contributed by atoms with Gasteiger partial charge in [-0.3, -0.25) is 4.79 Å². The number of rotatable bonds is 6. The van der Waals surface area contributed by atoms with Gasteiger partial charge in [-0.05, 0) is 38.1 Å². The lowest BCUT2D eigenvalue weighted by Gasteiger charge is -2.32. The van der Waals surface area contributed by atoms with Crippen LogP contribution in [0.3, 0.4) is 0 Å². The topological polar surface area (TPSA) is 78.5 Å². The van der Waals surface area contributed by atoms with Gasteiger partial charge in [0.25, 0.3) is 0 Å². The van der Waals surface area contributed by atoms with Crippen molar-refractivity contribution in [2.45, 2.75) is 30.2 Å². The Balaban J connectivity index is 0.00000288. The number of likely N-dealkylation sites (N-methyl/N-ethyl adjacent to an activating group) is 1. The van der Waals surface area contributed by atoms with Crippen molar-refractivity contribution in [2.24, 2.45) is 0 Å². The Kier molecular flexibility index (Phi) is 8.45. The summed E-state index contributed by atoms with van der Waals surface area (Å²) in [7, 11) is -1.76. The summed E-state index contributed by atoms with van der Waals surface area (Å²) in [5, 5.41) is 3.53. The maximum absolute atomic E-state index is 12.2. The molecule has 0 saturated carbocycles. The number of hydrogen-bond acceptors (Lipinski definition) is 4. The second kappa shape index (κ2) is 9.58. The molecule has 24 heavy (non-hydrogen) atoms. The molecule has 1 amide bonds. The number of nitrogens with zero attached hydrogens (tertiary/aromatic N) is 1. The third-order valence-electron chi connectivity index (χ3n) is 3.92. The summed E-state index contributed by atoms with van der Waals surface area (Å²) < 4.78 is 26.7. The van der Waals surface area contributed by atoms with Crippen LogP contribution in [0, 0.1) is 0 Å². The highest BCUT2D eigenvalue weighted by Gasteiger charge is 2.22. The quantitative estimate of drug-likeness (QED) is 0.767. The van der Waals surface area contributed by atoms with Crippen molar-refractivity contribution in [3.63, 3.8) is 0 Å². The van der Waals surface area contributed by atoms with Crippen LogP contribution in [0.5, 0.6) is 0 Å². The average Bonchev–Trinajstić information content (AvgIpc) is 2.54. The van der Waals surface area contributed by atoms with Gasteiger partial charge >= 0.3 is 0 Å². The molecule has 1 aliphatic heterocycles. The summed E-state index contributed by atoms with van der Waals surface area (Å²) in [4.78, 5) is 14.1. The predicted octanol–water partition coefficient (Wildman–Crippen LogP) is 1.64. The van der Waals surface area contributed by atoms with Crippen molar-refractivity contribution in [2.75, 3.05) is 26.7 Å². The lowest BCUT2D eigenvalue weighted by Crippen LogP contribution is -2.47. The fraction of sp³-hybridized carbons (Fsp3) is 0.533. The number of carbonyl (C=O) groups excluding carboxylic acids is 1. The van der Waals surface area contributed by atoms with Crippen LogP contribution in [0.4, 0.5) is 0 Å². The summed E-state index contributed by atoms with van der Waals surface area (Å²) in [5.74, 6) is -0.0289. The van der Waals surface area contributed by atoms with E-state index < -0.39 is 10.0 Å². The Morgan fingerprint density at radius 3 is 2.83 bits per heavy atom. The average molecular weight is 396 g/mol. The van der Waals surface area contributed by atoms with Gasteiger partial charge in [-0.1, -0.05) is 17.7 Å². The van der Waals surface area contributed by atoms with E-state index in [4.69, 9.17) is 11.6 Å². The third kappa shape index (κ3) is 5.89. The first-order chi connectivity index (χ1) is 10.9. The third-order valence-corrected chi connectivity index (χ3v) is 5.61. The number of hydrogen-bond donors (Lipinski definition) is 2. The smallest absolute Gasteiger partial charge is 0.240 e. The zero-order chi connectivity index (χ0) is 16.9. The number of piperidine rings is 1. The molecule has 2 N–H and O–H groups in total. The maximum atomic E-state index is 12.2. The lowest BCUT2D eigenvalue weighted by atomic mass is 10.1. The van der Waals surface area contributed by atoms with Crippen molar-refractivity contribution in [3.8, 4) is 0 Å². The van der Waals surface area contributed by atoms with Gasteiger partial charge in [0.1, 0.15) is 0 Å². The molecule has 1 aliphatic rings. The predicted molar refractivity (Wildman–Crippen MR) is 97.2 cm³/mol. The van der Waals surface area contributed by atoms with E-state index in [-0.39, 0.29) is 36.2 Å². The zero-order valence-corrected chi connectivity index (χ0v) is 15.9. The summed E-state index contributed by atoms with van der Waals surface area (Å²) in [6, 6.07) is 6.36. The molecule has 1 heterocycles. The number of nitrogens with one attached hydrogen (secondary N) is 2. The second-order valence-corrected chi connectivity index (χ2v) is 7.78. The van der Waals surface area contributed by atoms with Crippen LogP contribution in [0.15, 0.2) is 29.2 Å². The van der Waals surface area contributed by atoms with Gasteiger partial charge in [0.2, 0.25) is 15.9 Å². The van der Waals surface area contributed by atoms with E-state index in [0.29, 0.717) is 17.6 Å². The Labute approximate surface area is 154 Å². The molecule has 1 atom stereocenters. The molecule has 6 nitrogen and oxygen atoms in total. The number of carbonyl (C=O) groups is 1. The van der Waals surface area contributed by atoms with Crippen LogP contribution in [-0.2, 0) is 14.8 Å². The molecule has 1 aromatic carbocycles. The molecular formula is C15H23Cl2N3O3S. The SMILES string of the molecule is CNC1CCCN(C(=O)CCNS(=O)(=O)c2cccc(Cl)c2)C1.Cl. The molecule has 1 unspecified atom stereocenters. The van der Waals surface area contributed by atoms with E-state index in [9.17, 15) is 13.2 Å². The number of benzene rings is 1. The van der Waals surface area contributed by atoms with E-state index in [1.54, 1.807) is 17.0 Å². The Hall–Kier alpha value is -0.860. The Morgan fingerprint density at radius 1 is 1.42 bits per heavy atom. The van der Waals surface area contributed by atoms with Gasteiger partial charge < -0.3 is 10.2 Å². The minimum Gasteiger partial charge on any atom is -0.341 e. The molecule has 1 fully saturated rings. The van der Waals surface area contributed by atoms with Gasteiger partial charge in [-0.25, -0.2) is 13.1 Å². The van der Waals surface area contributed by atoms with Crippen LogP contribution < -0.4 is 10.0 Å². The largest absolute Gasteiger partial charge is 0.341 e. The Morgan fingerprint density at radius 2 is 2.17 bits per heavy atom. The van der Waals surface area contributed by atoms with Crippen molar-refractivity contribution < 1.29 is 13.2 Å². The summed E-state index contributed by atoms with van der Waals surface area (Å²) in [6.45, 7) is 1.49. The van der Waals surface area contributed by atoms with Gasteiger partial charge in [0.05, 0.1) is 4.90 Å². The van der Waals surface area contributed by atoms with E-state index in [1.165, 1.54) is 12.1 Å². The van der Waals surface area contributed by atoms with E-state index in [1.807, 2.05) is 7.05 Å². The molecule has 136 valence electrons. The van der Waals surface area contributed by atoms with E-state index in [2.05, 4.69) is 10.0 Å². The van der Waals surface area contributed by atoms with Crippen LogP contribution in [0.1, 0.15) is 19.3 Å². The molecule has 0 bridgehead atoms. The minimum absolute atomic E-state index is 0. The molecule has 1 aromatic rings. The van der Waals surface area contributed by atoms with Crippen molar-refractivity contribution >= 4 is 39.9 Å². The van der Waals surface area contributed by atoms with Crippen LogP contribution in [0.2, 0.25) is 5.02 Å². The highest BCUT2D eigenvalue weighted by atomic mass is 35.5. The molecule has 0 radical (unpaired) electrons. The van der Waals surface area contributed by atoms with Crippen molar-refractivity contribution in [3.05, 3.63) is 29.3 Å². The van der Waals surface area contributed by atoms with Gasteiger partial charge in [0.15, 0.2) is 0 Å². The van der Waals surface area contributed by atoms with Crippen LogP contribution in [-0.4, -0.2) is 51.9 Å². The highest BCUT2D eigenvalue weighted by Crippen LogP contribution is 2.15. The number of halogens is 2. The van der Waals surface area contributed by atoms with Crippen LogP contribution in [0.25, 0.3) is 0 Å². The van der Waals surface area contributed by atoms with Gasteiger partial charge in [-0.15, -0.1) is 12.4 Å². The lowest BCUT2D eigenvalue weighted by molar-refractivity contribution is -0.132. The normalized spacial score (nSPS) is 18.1. The molecular weight excluding hydrogens is 373 g/mol. The molecule has 1 saturated heterocycles. The molecule has 2 rings (SSSR count). The second-order valence-electron chi connectivity index (χ2n) is 5.57. The van der Waals surface area contributed by atoms with Gasteiger partial charge in [0, 0.05) is 37.1 Å². The standard InChI is InChI=1S/C15H22ClN3O3S.ClH/c1-17-13-5-3-9-19(11-13)15(20)7-8-18-23(21,22)14-6-2-4-12(16)10-14;/h2,4,6,10,13,17-18H,3,5,7-9,11H2,1H3;1H. The number of likely N-dealkylation sites (tertiary alicyclic amines) is 1. The summed E-state index contributed by atoms with van der Waals surface area (Å²) >= 11 is 5.81. The molecule has 9 heteroatoms. The summed E-state index contributed by atoms with van der Waals surface area (Å²) in [6.07, 6.45) is 2.17. The fourth-order valence-corrected chi connectivity index (χ4v) is 3.94. The zero-order valence-electron chi connectivity index (χ0n) is 13.5. The van der Waals surface area contributed by atoms with Crippen LogP contribution >= 0.6 is 24.0 Å². The number of sulfonamides is 1. The Bertz CT molecular complexity index is 655. The van der Waals surface area contributed by atoms with Gasteiger partial charge in [-0.2, -0.15) is 0 Å². The highest BCUT2D eigenvalue weighted by molar-refractivity contribution is 7.89. The van der Waals surface area contributed by atoms with Crippen molar-refractivity contribution in [1.82, 2.24) is 14.9 Å². The number of amides is 1.